The van der Waals surface area contributed by atoms with Crippen LogP contribution in [0, 0.1) is 5.82 Å². The molecular formula is C14H12BrClFNO. The summed E-state index contributed by atoms with van der Waals surface area (Å²) in [5, 5.41) is 0.0946. The Hall–Kier alpha value is -1.10. The van der Waals surface area contributed by atoms with Gasteiger partial charge in [0.2, 0.25) is 0 Å². The normalized spacial score (nSPS) is 10.5. The summed E-state index contributed by atoms with van der Waals surface area (Å²) in [5.41, 5.74) is 7.16. The highest BCUT2D eigenvalue weighted by atomic mass is 79.9. The fraction of sp³-hybridized carbons (Fsp3) is 0.143. The van der Waals surface area contributed by atoms with Crippen LogP contribution in [-0.4, -0.2) is 0 Å². The molecule has 0 fully saturated rings. The predicted molar refractivity (Wildman–Crippen MR) is 77.8 cm³/mol. The summed E-state index contributed by atoms with van der Waals surface area (Å²) in [6.07, 6.45) is 0. The van der Waals surface area contributed by atoms with Crippen molar-refractivity contribution in [3.63, 3.8) is 0 Å². The largest absolute Gasteiger partial charge is 0.488 e. The molecule has 2 N–H and O–H groups in total. The smallest absolute Gasteiger partial charge is 0.142 e. The molecule has 2 aromatic carbocycles. The first-order chi connectivity index (χ1) is 9.11. The van der Waals surface area contributed by atoms with Crippen LogP contribution < -0.4 is 10.5 Å². The average Bonchev–Trinajstić information content (AvgIpc) is 2.41. The van der Waals surface area contributed by atoms with Crippen LogP contribution in [0.15, 0.2) is 40.9 Å². The van der Waals surface area contributed by atoms with E-state index in [1.54, 1.807) is 12.1 Å². The highest BCUT2D eigenvalue weighted by Crippen LogP contribution is 2.28. The van der Waals surface area contributed by atoms with Crippen LogP contribution in [0.3, 0.4) is 0 Å². The van der Waals surface area contributed by atoms with Crippen molar-refractivity contribution in [2.75, 3.05) is 0 Å². The van der Waals surface area contributed by atoms with E-state index >= 15 is 0 Å². The van der Waals surface area contributed by atoms with Crippen molar-refractivity contribution in [2.24, 2.45) is 5.73 Å². The number of rotatable bonds is 4. The van der Waals surface area contributed by atoms with Crippen molar-refractivity contribution in [1.82, 2.24) is 0 Å². The van der Waals surface area contributed by atoms with Crippen LogP contribution in [0.25, 0.3) is 0 Å². The number of hydrogen-bond donors (Lipinski definition) is 1. The highest BCUT2D eigenvalue weighted by molar-refractivity contribution is 9.10. The Kier molecular flexibility index (Phi) is 4.80. The lowest BCUT2D eigenvalue weighted by molar-refractivity contribution is 0.303. The van der Waals surface area contributed by atoms with Gasteiger partial charge >= 0.3 is 0 Å². The fourth-order valence-corrected chi connectivity index (χ4v) is 2.33. The Balaban J connectivity index is 2.12. The lowest BCUT2D eigenvalue weighted by atomic mass is 10.2. The second kappa shape index (κ2) is 6.37. The number of halogens is 3. The van der Waals surface area contributed by atoms with E-state index in [1.807, 2.05) is 18.2 Å². The van der Waals surface area contributed by atoms with Gasteiger partial charge in [0.05, 0.1) is 9.50 Å². The van der Waals surface area contributed by atoms with Crippen molar-refractivity contribution in [1.29, 1.82) is 0 Å². The maximum Gasteiger partial charge on any atom is 0.142 e. The molecule has 0 aromatic heterocycles. The molecule has 0 amide bonds. The molecule has 0 aliphatic rings. The molecular weight excluding hydrogens is 333 g/mol. The Morgan fingerprint density at radius 3 is 2.74 bits per heavy atom. The standard InChI is InChI=1S/C14H12BrClFNO/c15-11-6-9(7-18)4-5-13(11)19-8-10-2-1-3-12(17)14(10)16/h1-6H,7-8,18H2. The molecule has 2 aromatic rings. The Morgan fingerprint density at radius 1 is 1.26 bits per heavy atom. The van der Waals surface area contributed by atoms with E-state index in [9.17, 15) is 4.39 Å². The summed E-state index contributed by atoms with van der Waals surface area (Å²) in [4.78, 5) is 0. The van der Waals surface area contributed by atoms with Gasteiger partial charge in [-0.15, -0.1) is 0 Å². The average molecular weight is 345 g/mol. The summed E-state index contributed by atoms with van der Waals surface area (Å²) in [7, 11) is 0. The summed E-state index contributed by atoms with van der Waals surface area (Å²) in [6, 6.07) is 10.2. The number of benzene rings is 2. The second-order valence-electron chi connectivity index (χ2n) is 3.97. The molecule has 100 valence electrons. The molecule has 0 radical (unpaired) electrons. The topological polar surface area (TPSA) is 35.2 Å². The van der Waals surface area contributed by atoms with Crippen LogP contribution >= 0.6 is 27.5 Å². The maximum absolute atomic E-state index is 13.3. The van der Waals surface area contributed by atoms with Crippen LogP contribution in [0.1, 0.15) is 11.1 Å². The molecule has 0 heterocycles. The Labute approximate surface area is 124 Å². The minimum atomic E-state index is -0.444. The van der Waals surface area contributed by atoms with Gasteiger partial charge in [0, 0.05) is 12.1 Å². The van der Waals surface area contributed by atoms with Gasteiger partial charge in [0.25, 0.3) is 0 Å². The van der Waals surface area contributed by atoms with Crippen molar-refractivity contribution in [3.8, 4) is 5.75 Å². The minimum absolute atomic E-state index is 0.0946. The van der Waals surface area contributed by atoms with E-state index < -0.39 is 5.82 Å². The minimum Gasteiger partial charge on any atom is -0.488 e. The zero-order valence-electron chi connectivity index (χ0n) is 10.00. The fourth-order valence-electron chi connectivity index (χ4n) is 1.60. The van der Waals surface area contributed by atoms with Gasteiger partial charge in [-0.05, 0) is 39.7 Å². The first-order valence-electron chi connectivity index (χ1n) is 5.66. The number of hydrogen-bond acceptors (Lipinski definition) is 2. The van der Waals surface area contributed by atoms with Gasteiger partial charge < -0.3 is 10.5 Å². The van der Waals surface area contributed by atoms with Crippen LogP contribution in [0.4, 0.5) is 4.39 Å². The molecule has 2 nitrogen and oxygen atoms in total. The van der Waals surface area contributed by atoms with Gasteiger partial charge in [-0.3, -0.25) is 0 Å². The lowest BCUT2D eigenvalue weighted by Gasteiger charge is -2.10. The molecule has 5 heteroatoms. The van der Waals surface area contributed by atoms with Gasteiger partial charge in [-0.25, -0.2) is 4.39 Å². The molecule has 0 spiro atoms. The van der Waals surface area contributed by atoms with Gasteiger partial charge in [-0.2, -0.15) is 0 Å². The molecule has 2 rings (SSSR count). The molecule has 0 saturated carbocycles. The van der Waals surface area contributed by atoms with E-state index in [-0.39, 0.29) is 11.6 Å². The quantitative estimate of drug-likeness (QED) is 0.898. The van der Waals surface area contributed by atoms with Gasteiger partial charge in [-0.1, -0.05) is 29.8 Å². The molecule has 0 aliphatic heterocycles. The summed E-state index contributed by atoms with van der Waals surface area (Å²) >= 11 is 9.27. The Morgan fingerprint density at radius 2 is 2.05 bits per heavy atom. The van der Waals surface area contributed by atoms with Crippen molar-refractivity contribution < 1.29 is 9.13 Å². The monoisotopic (exact) mass is 343 g/mol. The lowest BCUT2D eigenvalue weighted by Crippen LogP contribution is -2.00. The van der Waals surface area contributed by atoms with Gasteiger partial charge in [0.15, 0.2) is 0 Å². The number of ether oxygens (including phenoxy) is 1. The molecule has 0 bridgehead atoms. The second-order valence-corrected chi connectivity index (χ2v) is 5.20. The van der Waals surface area contributed by atoms with Crippen molar-refractivity contribution in [2.45, 2.75) is 13.2 Å². The van der Waals surface area contributed by atoms with E-state index in [0.717, 1.165) is 10.0 Å². The third kappa shape index (κ3) is 3.47. The summed E-state index contributed by atoms with van der Waals surface area (Å²) in [5.74, 6) is 0.220. The van der Waals surface area contributed by atoms with Crippen LogP contribution in [0.2, 0.25) is 5.02 Å². The molecule has 0 aliphatic carbocycles. The van der Waals surface area contributed by atoms with E-state index in [2.05, 4.69) is 15.9 Å². The molecule has 0 atom stereocenters. The summed E-state index contributed by atoms with van der Waals surface area (Å²) < 4.78 is 19.7. The third-order valence-corrected chi connectivity index (χ3v) is 3.69. The molecule has 0 saturated heterocycles. The van der Waals surface area contributed by atoms with E-state index in [1.165, 1.54) is 6.07 Å². The molecule has 0 unspecified atom stereocenters. The van der Waals surface area contributed by atoms with Crippen molar-refractivity contribution >= 4 is 27.5 Å². The molecule has 19 heavy (non-hydrogen) atoms. The first kappa shape index (κ1) is 14.3. The SMILES string of the molecule is NCc1ccc(OCc2cccc(F)c2Cl)c(Br)c1. The maximum atomic E-state index is 13.3. The third-order valence-electron chi connectivity index (χ3n) is 2.65. The number of nitrogens with two attached hydrogens (primary N) is 1. The van der Waals surface area contributed by atoms with Crippen molar-refractivity contribution in [3.05, 3.63) is 62.8 Å². The first-order valence-corrected chi connectivity index (χ1v) is 6.83. The van der Waals surface area contributed by atoms with Crippen LogP contribution in [0.5, 0.6) is 5.75 Å². The zero-order chi connectivity index (χ0) is 13.8. The van der Waals surface area contributed by atoms with Gasteiger partial charge in [0.1, 0.15) is 18.2 Å². The van der Waals surface area contributed by atoms with E-state index in [4.69, 9.17) is 22.1 Å². The van der Waals surface area contributed by atoms with Crippen LogP contribution in [-0.2, 0) is 13.2 Å². The zero-order valence-corrected chi connectivity index (χ0v) is 12.3. The summed E-state index contributed by atoms with van der Waals surface area (Å²) in [6.45, 7) is 0.672. The highest BCUT2D eigenvalue weighted by Gasteiger charge is 2.08. The Bertz CT molecular complexity index is 592. The predicted octanol–water partition coefficient (Wildman–Crippen LogP) is 4.28. The van der Waals surface area contributed by atoms with E-state index in [0.29, 0.717) is 17.9 Å².